The van der Waals surface area contributed by atoms with E-state index >= 15 is 0 Å². The van der Waals surface area contributed by atoms with Crippen LogP contribution in [0.3, 0.4) is 0 Å². The van der Waals surface area contributed by atoms with Gasteiger partial charge in [0.25, 0.3) is 0 Å². The predicted octanol–water partition coefficient (Wildman–Crippen LogP) is 2.65. The molecule has 0 aromatic heterocycles. The summed E-state index contributed by atoms with van der Waals surface area (Å²) >= 11 is 0. The SMILES string of the molecule is Cc1cc(NC(=O)CCN)ccc1OCC(F)(F)F.Cl. The van der Waals surface area contributed by atoms with Gasteiger partial charge in [-0.05, 0) is 30.7 Å². The summed E-state index contributed by atoms with van der Waals surface area (Å²) in [4.78, 5) is 11.3. The number of benzene rings is 1. The van der Waals surface area contributed by atoms with Gasteiger partial charge < -0.3 is 15.8 Å². The Hall–Kier alpha value is -1.47. The first-order chi connectivity index (χ1) is 8.81. The highest BCUT2D eigenvalue weighted by atomic mass is 35.5. The molecule has 0 saturated heterocycles. The maximum Gasteiger partial charge on any atom is 0.422 e. The fraction of sp³-hybridized carbons (Fsp3) is 0.417. The molecule has 0 atom stereocenters. The van der Waals surface area contributed by atoms with E-state index in [-0.39, 0.29) is 37.0 Å². The van der Waals surface area contributed by atoms with Crippen LogP contribution in [-0.2, 0) is 4.79 Å². The van der Waals surface area contributed by atoms with Gasteiger partial charge in [-0.15, -0.1) is 12.4 Å². The van der Waals surface area contributed by atoms with Crippen LogP contribution < -0.4 is 15.8 Å². The van der Waals surface area contributed by atoms with E-state index in [2.05, 4.69) is 10.1 Å². The van der Waals surface area contributed by atoms with Gasteiger partial charge in [0.05, 0.1) is 0 Å². The summed E-state index contributed by atoms with van der Waals surface area (Å²) in [6.07, 6.45) is -4.19. The minimum Gasteiger partial charge on any atom is -0.484 e. The number of nitrogens with one attached hydrogen (secondary N) is 1. The van der Waals surface area contributed by atoms with Gasteiger partial charge in [-0.2, -0.15) is 13.2 Å². The van der Waals surface area contributed by atoms with Gasteiger partial charge in [0.1, 0.15) is 5.75 Å². The molecule has 1 rings (SSSR count). The Morgan fingerprint density at radius 3 is 2.55 bits per heavy atom. The number of halogens is 4. The van der Waals surface area contributed by atoms with E-state index in [4.69, 9.17) is 5.73 Å². The predicted molar refractivity (Wildman–Crippen MR) is 72.3 cm³/mol. The third-order valence-corrected chi connectivity index (χ3v) is 2.22. The quantitative estimate of drug-likeness (QED) is 0.878. The van der Waals surface area contributed by atoms with Gasteiger partial charge in [0.2, 0.25) is 5.91 Å². The highest BCUT2D eigenvalue weighted by Crippen LogP contribution is 2.24. The van der Waals surface area contributed by atoms with Crippen LogP contribution in [0.1, 0.15) is 12.0 Å². The van der Waals surface area contributed by atoms with Crippen LogP contribution in [0.4, 0.5) is 18.9 Å². The molecule has 0 radical (unpaired) electrons. The van der Waals surface area contributed by atoms with Gasteiger partial charge in [-0.25, -0.2) is 0 Å². The lowest BCUT2D eigenvalue weighted by Crippen LogP contribution is -2.19. The van der Waals surface area contributed by atoms with Crippen molar-refractivity contribution in [3.8, 4) is 5.75 Å². The van der Waals surface area contributed by atoms with Gasteiger partial charge in [0, 0.05) is 18.7 Å². The van der Waals surface area contributed by atoms with Crippen molar-refractivity contribution >= 4 is 24.0 Å². The summed E-state index contributed by atoms with van der Waals surface area (Å²) in [5.41, 5.74) is 6.23. The van der Waals surface area contributed by atoms with E-state index < -0.39 is 12.8 Å². The van der Waals surface area contributed by atoms with Crippen molar-refractivity contribution in [2.75, 3.05) is 18.5 Å². The second kappa shape index (κ2) is 7.96. The van der Waals surface area contributed by atoms with Crippen LogP contribution in [0.5, 0.6) is 5.75 Å². The number of rotatable bonds is 5. The molecule has 3 N–H and O–H groups in total. The number of carbonyl (C=O) groups excluding carboxylic acids is 1. The van der Waals surface area contributed by atoms with E-state index in [0.717, 1.165) is 0 Å². The van der Waals surface area contributed by atoms with Crippen LogP contribution in [0.15, 0.2) is 18.2 Å². The number of carbonyl (C=O) groups is 1. The van der Waals surface area contributed by atoms with Crippen molar-refractivity contribution in [2.24, 2.45) is 5.73 Å². The Balaban J connectivity index is 0.00000361. The fourth-order valence-electron chi connectivity index (χ4n) is 1.40. The molecule has 1 amide bonds. The number of aryl methyl sites for hydroxylation is 1. The fourth-order valence-corrected chi connectivity index (χ4v) is 1.40. The number of anilines is 1. The topological polar surface area (TPSA) is 64.4 Å². The molecule has 0 aliphatic heterocycles. The van der Waals surface area contributed by atoms with Crippen molar-refractivity contribution in [1.82, 2.24) is 0 Å². The molecule has 1 aromatic carbocycles. The Labute approximate surface area is 120 Å². The van der Waals surface area contributed by atoms with E-state index in [9.17, 15) is 18.0 Å². The Bertz CT molecular complexity index is 453. The molecule has 0 aliphatic carbocycles. The highest BCUT2D eigenvalue weighted by molar-refractivity contribution is 5.91. The average molecular weight is 313 g/mol. The third kappa shape index (κ3) is 6.63. The molecule has 114 valence electrons. The smallest absolute Gasteiger partial charge is 0.422 e. The molecule has 0 spiro atoms. The second-order valence-electron chi connectivity index (χ2n) is 3.97. The lowest BCUT2D eigenvalue weighted by atomic mass is 10.2. The Morgan fingerprint density at radius 2 is 2.05 bits per heavy atom. The van der Waals surface area contributed by atoms with Gasteiger partial charge in [0.15, 0.2) is 6.61 Å². The zero-order valence-corrected chi connectivity index (χ0v) is 11.6. The standard InChI is InChI=1S/C12H15F3N2O2.ClH/c1-8-6-9(17-11(18)4-5-16)2-3-10(8)19-7-12(13,14)15;/h2-3,6H,4-5,7,16H2,1H3,(H,17,18);1H. The van der Waals surface area contributed by atoms with Gasteiger partial charge in [-0.1, -0.05) is 0 Å². The second-order valence-corrected chi connectivity index (χ2v) is 3.97. The summed E-state index contributed by atoms with van der Waals surface area (Å²) in [5.74, 6) is -0.111. The lowest BCUT2D eigenvalue weighted by molar-refractivity contribution is -0.153. The number of ether oxygens (including phenoxy) is 1. The third-order valence-electron chi connectivity index (χ3n) is 2.22. The molecule has 0 heterocycles. The van der Waals surface area contributed by atoms with Gasteiger partial charge >= 0.3 is 6.18 Å². The first kappa shape index (κ1) is 18.5. The first-order valence-electron chi connectivity index (χ1n) is 5.62. The summed E-state index contributed by atoms with van der Waals surface area (Å²) in [5, 5.41) is 2.59. The number of amides is 1. The van der Waals surface area contributed by atoms with Crippen molar-refractivity contribution in [1.29, 1.82) is 0 Å². The highest BCUT2D eigenvalue weighted by Gasteiger charge is 2.28. The van der Waals surface area contributed by atoms with Crippen LogP contribution in [-0.4, -0.2) is 25.2 Å². The average Bonchev–Trinajstić information content (AvgIpc) is 2.26. The molecule has 1 aromatic rings. The Morgan fingerprint density at radius 1 is 1.40 bits per heavy atom. The summed E-state index contributed by atoms with van der Waals surface area (Å²) in [7, 11) is 0. The van der Waals surface area contributed by atoms with Crippen molar-refractivity contribution < 1.29 is 22.7 Å². The van der Waals surface area contributed by atoms with E-state index in [1.165, 1.54) is 12.1 Å². The minimum absolute atomic E-state index is 0. The summed E-state index contributed by atoms with van der Waals surface area (Å²) < 4.78 is 40.7. The lowest BCUT2D eigenvalue weighted by Gasteiger charge is -2.12. The van der Waals surface area contributed by atoms with E-state index in [1.807, 2.05) is 0 Å². The maximum absolute atomic E-state index is 12.0. The summed E-state index contributed by atoms with van der Waals surface area (Å²) in [6, 6.07) is 4.41. The first-order valence-corrected chi connectivity index (χ1v) is 5.62. The zero-order valence-electron chi connectivity index (χ0n) is 10.8. The molecule has 20 heavy (non-hydrogen) atoms. The number of alkyl halides is 3. The molecule has 4 nitrogen and oxygen atoms in total. The normalized spacial score (nSPS) is 10.7. The van der Waals surface area contributed by atoms with E-state index in [0.29, 0.717) is 11.3 Å². The largest absolute Gasteiger partial charge is 0.484 e. The van der Waals surface area contributed by atoms with Crippen molar-refractivity contribution in [2.45, 2.75) is 19.5 Å². The molecule has 0 fully saturated rings. The monoisotopic (exact) mass is 312 g/mol. The van der Waals surface area contributed by atoms with Crippen molar-refractivity contribution in [3.63, 3.8) is 0 Å². The molecule has 0 saturated carbocycles. The van der Waals surface area contributed by atoms with E-state index in [1.54, 1.807) is 13.0 Å². The number of nitrogens with two attached hydrogens (primary N) is 1. The zero-order chi connectivity index (χ0) is 14.5. The molecular weight excluding hydrogens is 297 g/mol. The molecular formula is C12H16ClF3N2O2. The Kier molecular flexibility index (Phi) is 7.38. The molecule has 0 aliphatic rings. The maximum atomic E-state index is 12.0. The minimum atomic E-state index is -4.37. The molecule has 0 bridgehead atoms. The van der Waals surface area contributed by atoms with Crippen LogP contribution in [0.2, 0.25) is 0 Å². The van der Waals surface area contributed by atoms with Crippen LogP contribution >= 0.6 is 12.4 Å². The molecule has 8 heteroatoms. The summed E-state index contributed by atoms with van der Waals surface area (Å²) in [6.45, 7) is 0.495. The van der Waals surface area contributed by atoms with Crippen LogP contribution in [0.25, 0.3) is 0 Å². The molecule has 0 unspecified atom stereocenters. The van der Waals surface area contributed by atoms with Gasteiger partial charge in [-0.3, -0.25) is 4.79 Å². The van der Waals surface area contributed by atoms with Crippen LogP contribution in [0, 0.1) is 6.92 Å². The number of hydrogen-bond acceptors (Lipinski definition) is 3. The van der Waals surface area contributed by atoms with Crippen molar-refractivity contribution in [3.05, 3.63) is 23.8 Å². The number of hydrogen-bond donors (Lipinski definition) is 2.